The molecule has 2 fully saturated rings. The van der Waals surface area contributed by atoms with E-state index in [0.29, 0.717) is 25.0 Å². The predicted octanol–water partition coefficient (Wildman–Crippen LogP) is 1.86. The third kappa shape index (κ3) is 4.91. The van der Waals surface area contributed by atoms with Gasteiger partial charge in [-0.25, -0.2) is 0 Å². The highest BCUT2D eigenvalue weighted by Gasteiger charge is 2.34. The van der Waals surface area contributed by atoms with Gasteiger partial charge in [-0.15, -0.1) is 0 Å². The monoisotopic (exact) mass is 317 g/mol. The first kappa shape index (κ1) is 17.2. The molecule has 1 aliphatic heterocycles. The van der Waals surface area contributed by atoms with Gasteiger partial charge in [0.2, 0.25) is 0 Å². The van der Waals surface area contributed by atoms with Gasteiger partial charge in [-0.05, 0) is 57.9 Å². The molecule has 0 amide bonds. The van der Waals surface area contributed by atoms with Crippen LogP contribution in [-0.2, 0) is 10.2 Å². The largest absolute Gasteiger partial charge is 0.314 e. The third-order valence-electron chi connectivity index (χ3n) is 5.03. The second-order valence-corrected chi connectivity index (χ2v) is 8.59. The van der Waals surface area contributed by atoms with Crippen molar-refractivity contribution in [3.63, 3.8) is 0 Å². The summed E-state index contributed by atoms with van der Waals surface area (Å²) in [4.78, 5) is 0. The molecule has 0 radical (unpaired) electrons. The highest BCUT2D eigenvalue weighted by Crippen LogP contribution is 2.23. The molecule has 1 aliphatic carbocycles. The van der Waals surface area contributed by atoms with E-state index in [1.807, 2.05) is 20.8 Å². The van der Waals surface area contributed by atoms with Gasteiger partial charge in [0, 0.05) is 24.7 Å². The summed E-state index contributed by atoms with van der Waals surface area (Å²) in [6, 6.07) is 0.693. The van der Waals surface area contributed by atoms with E-state index in [4.69, 9.17) is 0 Å². The van der Waals surface area contributed by atoms with Crippen molar-refractivity contribution < 1.29 is 8.42 Å². The van der Waals surface area contributed by atoms with Crippen molar-refractivity contribution in [3.05, 3.63) is 0 Å². The Hall–Kier alpha value is -0.170. The van der Waals surface area contributed by atoms with E-state index in [1.54, 1.807) is 4.31 Å². The maximum Gasteiger partial charge on any atom is 0.279 e. The zero-order chi connectivity index (χ0) is 15.5. The Bertz CT molecular complexity index is 430. The highest BCUT2D eigenvalue weighted by molar-refractivity contribution is 7.87. The van der Waals surface area contributed by atoms with E-state index >= 15 is 0 Å². The summed E-state index contributed by atoms with van der Waals surface area (Å²) in [5.74, 6) is 0.449. The first-order valence-corrected chi connectivity index (χ1v) is 9.85. The molecule has 1 unspecified atom stereocenters. The molecule has 0 aromatic heterocycles. The molecule has 6 heteroatoms. The minimum Gasteiger partial charge on any atom is -0.314 e. The first-order valence-electron chi connectivity index (χ1n) is 8.41. The van der Waals surface area contributed by atoms with Gasteiger partial charge in [0.25, 0.3) is 10.2 Å². The van der Waals surface area contributed by atoms with E-state index in [9.17, 15) is 8.42 Å². The lowest BCUT2D eigenvalue weighted by atomic mass is 9.98. The normalized spacial score (nSPS) is 25.2. The second-order valence-electron chi connectivity index (χ2n) is 6.92. The maximum absolute atomic E-state index is 12.6. The van der Waals surface area contributed by atoms with Crippen molar-refractivity contribution in [2.24, 2.45) is 5.92 Å². The summed E-state index contributed by atoms with van der Waals surface area (Å²) in [5.41, 5.74) is -0.335. The summed E-state index contributed by atoms with van der Waals surface area (Å²) in [5, 5.41) is 3.53. The molecule has 2 N–H and O–H groups in total. The van der Waals surface area contributed by atoms with Crippen LogP contribution in [0.25, 0.3) is 0 Å². The molecule has 1 saturated heterocycles. The standard InChI is InChI=1S/C15H31N3O2S/c1-4-15(3,5-2)17-21(19,20)18-10-6-7-13(12-18)11-16-14-8-9-14/h13-14,16-17H,4-12H2,1-3H3. The third-order valence-corrected chi connectivity index (χ3v) is 6.79. The molecule has 1 heterocycles. The van der Waals surface area contributed by atoms with Crippen LogP contribution in [0, 0.1) is 5.92 Å². The minimum absolute atomic E-state index is 0.335. The summed E-state index contributed by atoms with van der Waals surface area (Å²) >= 11 is 0. The minimum atomic E-state index is -3.37. The fourth-order valence-corrected chi connectivity index (χ4v) is 4.62. The molecule has 0 aromatic carbocycles. The van der Waals surface area contributed by atoms with Gasteiger partial charge in [-0.1, -0.05) is 13.8 Å². The molecule has 2 aliphatic rings. The van der Waals surface area contributed by atoms with Gasteiger partial charge in [-0.2, -0.15) is 17.4 Å². The van der Waals surface area contributed by atoms with Crippen LogP contribution in [-0.4, -0.2) is 43.9 Å². The smallest absolute Gasteiger partial charge is 0.279 e. The van der Waals surface area contributed by atoms with Crippen molar-refractivity contribution in [3.8, 4) is 0 Å². The van der Waals surface area contributed by atoms with Crippen LogP contribution in [0.5, 0.6) is 0 Å². The average molecular weight is 317 g/mol. The Morgan fingerprint density at radius 3 is 2.43 bits per heavy atom. The van der Waals surface area contributed by atoms with Crippen LogP contribution in [0.3, 0.4) is 0 Å². The number of hydrogen-bond acceptors (Lipinski definition) is 3. The molecule has 1 saturated carbocycles. The van der Waals surface area contributed by atoms with E-state index in [-0.39, 0.29) is 5.54 Å². The van der Waals surface area contributed by atoms with Gasteiger partial charge in [0.05, 0.1) is 0 Å². The second kappa shape index (κ2) is 6.94. The van der Waals surface area contributed by atoms with Crippen LogP contribution >= 0.6 is 0 Å². The number of nitrogens with zero attached hydrogens (tertiary/aromatic N) is 1. The lowest BCUT2D eigenvalue weighted by Crippen LogP contribution is -2.54. The van der Waals surface area contributed by atoms with Gasteiger partial charge < -0.3 is 5.32 Å². The van der Waals surface area contributed by atoms with Gasteiger partial charge in [-0.3, -0.25) is 0 Å². The molecule has 2 rings (SSSR count). The molecule has 1 atom stereocenters. The molecule has 0 bridgehead atoms. The zero-order valence-corrected chi connectivity index (χ0v) is 14.5. The Morgan fingerprint density at radius 2 is 1.86 bits per heavy atom. The lowest BCUT2D eigenvalue weighted by molar-refractivity contribution is 0.251. The summed E-state index contributed by atoms with van der Waals surface area (Å²) < 4.78 is 29.8. The average Bonchev–Trinajstić information content (AvgIpc) is 3.29. The predicted molar refractivity (Wildman–Crippen MR) is 86.4 cm³/mol. The summed E-state index contributed by atoms with van der Waals surface area (Å²) in [7, 11) is -3.37. The van der Waals surface area contributed by atoms with Crippen LogP contribution in [0.1, 0.15) is 59.3 Å². The Kier molecular flexibility index (Phi) is 5.68. The number of nitrogens with one attached hydrogen (secondary N) is 2. The lowest BCUT2D eigenvalue weighted by Gasteiger charge is -2.36. The van der Waals surface area contributed by atoms with Crippen molar-refractivity contribution in [1.29, 1.82) is 0 Å². The molecule has 5 nitrogen and oxygen atoms in total. The number of hydrogen-bond donors (Lipinski definition) is 2. The molecular weight excluding hydrogens is 286 g/mol. The van der Waals surface area contributed by atoms with Crippen LogP contribution in [0.2, 0.25) is 0 Å². The fourth-order valence-electron chi connectivity index (χ4n) is 2.80. The summed E-state index contributed by atoms with van der Waals surface area (Å²) in [6.45, 7) is 8.31. The van der Waals surface area contributed by atoms with Crippen LogP contribution in [0.15, 0.2) is 0 Å². The Morgan fingerprint density at radius 1 is 1.19 bits per heavy atom. The molecule has 0 spiro atoms. The Balaban J connectivity index is 1.91. The first-order chi connectivity index (χ1) is 9.88. The highest BCUT2D eigenvalue weighted by atomic mass is 32.2. The van der Waals surface area contributed by atoms with E-state index < -0.39 is 10.2 Å². The summed E-state index contributed by atoms with van der Waals surface area (Å²) in [6.07, 6.45) is 6.27. The number of rotatable bonds is 8. The van der Waals surface area contributed by atoms with Gasteiger partial charge >= 0.3 is 0 Å². The molecule has 21 heavy (non-hydrogen) atoms. The molecular formula is C15H31N3O2S. The van der Waals surface area contributed by atoms with Gasteiger partial charge in [0.15, 0.2) is 0 Å². The van der Waals surface area contributed by atoms with E-state index in [0.717, 1.165) is 32.2 Å². The van der Waals surface area contributed by atoms with Crippen molar-refractivity contribution in [2.45, 2.75) is 70.9 Å². The molecule has 124 valence electrons. The van der Waals surface area contributed by atoms with Crippen molar-refractivity contribution in [2.75, 3.05) is 19.6 Å². The van der Waals surface area contributed by atoms with Crippen LogP contribution < -0.4 is 10.0 Å². The maximum atomic E-state index is 12.6. The quantitative estimate of drug-likeness (QED) is 0.718. The topological polar surface area (TPSA) is 61.4 Å². The number of piperidine rings is 1. The zero-order valence-electron chi connectivity index (χ0n) is 13.7. The Labute approximate surface area is 130 Å². The van der Waals surface area contributed by atoms with Crippen molar-refractivity contribution in [1.82, 2.24) is 14.3 Å². The molecule has 0 aromatic rings. The fraction of sp³-hybridized carbons (Fsp3) is 1.00. The van der Waals surface area contributed by atoms with E-state index in [2.05, 4.69) is 10.0 Å². The van der Waals surface area contributed by atoms with Crippen molar-refractivity contribution >= 4 is 10.2 Å². The van der Waals surface area contributed by atoms with Crippen LogP contribution in [0.4, 0.5) is 0 Å². The van der Waals surface area contributed by atoms with Gasteiger partial charge in [0.1, 0.15) is 0 Å². The SMILES string of the molecule is CCC(C)(CC)NS(=O)(=O)N1CCCC(CNC2CC2)C1. The van der Waals surface area contributed by atoms with E-state index in [1.165, 1.54) is 12.8 Å².